The van der Waals surface area contributed by atoms with Crippen molar-refractivity contribution in [3.8, 4) is 5.75 Å². The summed E-state index contributed by atoms with van der Waals surface area (Å²) < 4.78 is 10.2. The lowest BCUT2D eigenvalue weighted by Crippen LogP contribution is -2.50. The molecule has 1 fully saturated rings. The highest BCUT2D eigenvalue weighted by atomic mass is 32.1. The van der Waals surface area contributed by atoms with Crippen LogP contribution in [0.5, 0.6) is 5.75 Å². The maximum Gasteiger partial charge on any atom is 0.338 e. The minimum Gasteiger partial charge on any atom is -0.497 e. The number of hydrogen-bond acceptors (Lipinski definition) is 7. The Bertz CT molecular complexity index is 1410. The van der Waals surface area contributed by atoms with E-state index in [-0.39, 0.29) is 24.0 Å². The number of hydrazine groups is 1. The van der Waals surface area contributed by atoms with Crippen LogP contribution in [0.25, 0.3) is 0 Å². The Labute approximate surface area is 243 Å². The van der Waals surface area contributed by atoms with Crippen molar-refractivity contribution in [2.45, 2.75) is 25.8 Å². The standard InChI is InChI=1S/C30H30N4O6S/c1-3-40-29(38)22-9-13-23(14-10-22)33-28(37)25(19-26(35)31-18-17-20-7-5-4-6-8-20)34(30(33)41)32-27(36)21-11-15-24(39-2)16-12-21/h4-16,25H,3,17-19H2,1-2H3,(H,31,35)(H,32,36). The van der Waals surface area contributed by atoms with Crippen LogP contribution in [0.4, 0.5) is 5.69 Å². The quantitative estimate of drug-likeness (QED) is 0.265. The molecule has 3 aromatic carbocycles. The van der Waals surface area contributed by atoms with Gasteiger partial charge in [0.1, 0.15) is 11.8 Å². The second-order valence-corrected chi connectivity index (χ2v) is 9.43. The molecular weight excluding hydrogens is 544 g/mol. The van der Waals surface area contributed by atoms with Gasteiger partial charge in [0, 0.05) is 12.1 Å². The van der Waals surface area contributed by atoms with Gasteiger partial charge in [0.15, 0.2) is 0 Å². The van der Waals surface area contributed by atoms with E-state index in [4.69, 9.17) is 21.7 Å². The number of ether oxygens (including phenoxy) is 2. The third kappa shape index (κ3) is 7.06. The Balaban J connectivity index is 1.53. The summed E-state index contributed by atoms with van der Waals surface area (Å²) in [6.07, 6.45) is 0.383. The van der Waals surface area contributed by atoms with Crippen LogP contribution in [0.2, 0.25) is 0 Å². The molecule has 0 aromatic heterocycles. The van der Waals surface area contributed by atoms with E-state index in [1.54, 1.807) is 43.3 Å². The van der Waals surface area contributed by atoms with Gasteiger partial charge in [0.2, 0.25) is 11.0 Å². The first-order valence-corrected chi connectivity index (χ1v) is 13.4. The molecule has 1 unspecified atom stereocenters. The van der Waals surface area contributed by atoms with Crippen molar-refractivity contribution in [2.24, 2.45) is 0 Å². The molecule has 1 aliphatic rings. The molecule has 1 atom stereocenters. The first-order valence-electron chi connectivity index (χ1n) is 13.0. The number of nitrogens with zero attached hydrogens (tertiary/aromatic N) is 2. The molecule has 41 heavy (non-hydrogen) atoms. The molecule has 212 valence electrons. The topological polar surface area (TPSA) is 117 Å². The zero-order valence-corrected chi connectivity index (χ0v) is 23.5. The lowest BCUT2D eigenvalue weighted by molar-refractivity contribution is -0.127. The predicted molar refractivity (Wildman–Crippen MR) is 156 cm³/mol. The Morgan fingerprint density at radius 1 is 0.927 bits per heavy atom. The average molecular weight is 575 g/mol. The molecule has 0 saturated carbocycles. The van der Waals surface area contributed by atoms with Gasteiger partial charge in [-0.3, -0.25) is 24.7 Å². The maximum atomic E-state index is 13.6. The molecule has 4 rings (SSSR count). The SMILES string of the molecule is CCOC(=O)c1ccc(N2C(=O)C(CC(=O)NCCc3ccccc3)N(NC(=O)c3ccc(OC)cc3)C2=S)cc1. The number of hydrogen-bond donors (Lipinski definition) is 2. The molecular formula is C30H30N4O6S. The second kappa shape index (κ2) is 13.5. The van der Waals surface area contributed by atoms with E-state index in [1.807, 2.05) is 30.3 Å². The fourth-order valence-electron chi connectivity index (χ4n) is 4.25. The summed E-state index contributed by atoms with van der Waals surface area (Å²) in [5, 5.41) is 4.07. The zero-order valence-electron chi connectivity index (χ0n) is 22.7. The largest absolute Gasteiger partial charge is 0.497 e. The third-order valence-corrected chi connectivity index (χ3v) is 6.76. The summed E-state index contributed by atoms with van der Waals surface area (Å²) >= 11 is 5.61. The molecule has 1 saturated heterocycles. The minimum atomic E-state index is -1.09. The highest BCUT2D eigenvalue weighted by Gasteiger charge is 2.45. The lowest BCUT2D eigenvalue weighted by atomic mass is 10.1. The Hall–Kier alpha value is -4.77. The molecule has 3 aromatic rings. The van der Waals surface area contributed by atoms with E-state index in [9.17, 15) is 19.2 Å². The molecule has 10 nitrogen and oxygen atoms in total. The summed E-state index contributed by atoms with van der Waals surface area (Å²) in [4.78, 5) is 53.0. The smallest absolute Gasteiger partial charge is 0.338 e. The van der Waals surface area contributed by atoms with Crippen molar-refractivity contribution >= 4 is 46.7 Å². The zero-order chi connectivity index (χ0) is 29.4. The van der Waals surface area contributed by atoms with Crippen molar-refractivity contribution in [3.63, 3.8) is 0 Å². The number of carbonyl (C=O) groups excluding carboxylic acids is 4. The molecule has 3 amide bonds. The maximum absolute atomic E-state index is 13.6. The summed E-state index contributed by atoms with van der Waals surface area (Å²) in [6, 6.07) is 21.2. The van der Waals surface area contributed by atoms with Gasteiger partial charge in [0.05, 0.1) is 31.4 Å². The second-order valence-electron chi connectivity index (χ2n) is 9.07. The molecule has 0 bridgehead atoms. The highest BCUT2D eigenvalue weighted by Crippen LogP contribution is 2.27. The summed E-state index contributed by atoms with van der Waals surface area (Å²) in [6.45, 7) is 2.32. The fourth-order valence-corrected chi connectivity index (χ4v) is 4.62. The number of thiocarbonyl (C=S) groups is 1. The van der Waals surface area contributed by atoms with Crippen LogP contribution in [-0.4, -0.2) is 60.1 Å². The van der Waals surface area contributed by atoms with E-state index >= 15 is 0 Å². The van der Waals surface area contributed by atoms with Crippen LogP contribution >= 0.6 is 12.2 Å². The van der Waals surface area contributed by atoms with E-state index in [0.717, 1.165) is 5.56 Å². The predicted octanol–water partition coefficient (Wildman–Crippen LogP) is 3.27. The van der Waals surface area contributed by atoms with Gasteiger partial charge >= 0.3 is 5.97 Å². The van der Waals surface area contributed by atoms with Gasteiger partial charge in [-0.05, 0) is 79.7 Å². The number of methoxy groups -OCH3 is 1. The molecule has 0 aliphatic carbocycles. The molecule has 1 aliphatic heterocycles. The van der Waals surface area contributed by atoms with Gasteiger partial charge < -0.3 is 14.8 Å². The Morgan fingerprint density at radius 2 is 1.59 bits per heavy atom. The van der Waals surface area contributed by atoms with Crippen LogP contribution in [-0.2, 0) is 20.7 Å². The molecule has 11 heteroatoms. The molecule has 2 N–H and O–H groups in total. The fraction of sp³-hybridized carbons (Fsp3) is 0.233. The number of rotatable bonds is 11. The Kier molecular flexibility index (Phi) is 9.64. The summed E-state index contributed by atoms with van der Waals surface area (Å²) in [5.41, 5.74) is 4.76. The van der Waals surface area contributed by atoms with E-state index in [1.165, 1.54) is 29.2 Å². The third-order valence-electron chi connectivity index (χ3n) is 6.38. The van der Waals surface area contributed by atoms with Crippen molar-refractivity contribution in [2.75, 3.05) is 25.2 Å². The van der Waals surface area contributed by atoms with Crippen LogP contribution in [0.15, 0.2) is 78.9 Å². The highest BCUT2D eigenvalue weighted by molar-refractivity contribution is 7.80. The number of esters is 1. The van der Waals surface area contributed by atoms with Crippen molar-refractivity contribution < 1.29 is 28.7 Å². The van der Waals surface area contributed by atoms with Crippen LogP contribution in [0.3, 0.4) is 0 Å². The number of amides is 3. The summed E-state index contributed by atoms with van der Waals surface area (Å²) in [5.74, 6) is -1.29. The number of nitrogens with one attached hydrogen (secondary N) is 2. The van der Waals surface area contributed by atoms with E-state index in [0.29, 0.717) is 35.5 Å². The van der Waals surface area contributed by atoms with Crippen molar-refractivity contribution in [1.82, 2.24) is 15.8 Å². The van der Waals surface area contributed by atoms with Gasteiger partial charge in [-0.15, -0.1) is 0 Å². The number of carbonyl (C=O) groups is 4. The minimum absolute atomic E-state index is 0.0113. The van der Waals surface area contributed by atoms with Gasteiger partial charge in [0.25, 0.3) is 11.8 Å². The Morgan fingerprint density at radius 3 is 2.22 bits per heavy atom. The monoisotopic (exact) mass is 574 g/mol. The van der Waals surface area contributed by atoms with Crippen LogP contribution in [0.1, 0.15) is 39.6 Å². The van der Waals surface area contributed by atoms with Crippen LogP contribution in [0, 0.1) is 0 Å². The van der Waals surface area contributed by atoms with Gasteiger partial charge in [-0.2, -0.15) is 0 Å². The normalized spacial score (nSPS) is 14.5. The summed E-state index contributed by atoms with van der Waals surface area (Å²) in [7, 11) is 1.52. The molecule has 0 spiro atoms. The number of anilines is 1. The van der Waals surface area contributed by atoms with Crippen molar-refractivity contribution in [1.29, 1.82) is 0 Å². The molecule has 0 radical (unpaired) electrons. The number of benzene rings is 3. The average Bonchev–Trinajstić information content (AvgIpc) is 3.21. The van der Waals surface area contributed by atoms with Gasteiger partial charge in [-0.25, -0.2) is 9.80 Å². The van der Waals surface area contributed by atoms with E-state index < -0.39 is 23.8 Å². The first-order chi connectivity index (χ1) is 19.8. The molecule has 1 heterocycles. The first kappa shape index (κ1) is 29.2. The lowest BCUT2D eigenvalue weighted by Gasteiger charge is -2.24. The van der Waals surface area contributed by atoms with Crippen LogP contribution < -0.4 is 20.4 Å². The van der Waals surface area contributed by atoms with E-state index in [2.05, 4.69) is 10.7 Å². The van der Waals surface area contributed by atoms with Crippen molar-refractivity contribution in [3.05, 3.63) is 95.6 Å². The van der Waals surface area contributed by atoms with Gasteiger partial charge in [-0.1, -0.05) is 30.3 Å².